The Morgan fingerprint density at radius 2 is 1.25 bits per heavy atom. The number of hydrogen-bond donors (Lipinski definition) is 0. The highest BCUT2D eigenvalue weighted by molar-refractivity contribution is 14.1. The Balaban J connectivity index is 2.68. The number of halogens is 2. The Morgan fingerprint density at radius 3 is 1.70 bits per heavy atom. The first-order chi connectivity index (χ1) is 9.61. The SMILES string of the molecule is CC(Cl)=C(C)C(=C(I)c1ccccc1)c1ccccc1. The minimum Gasteiger partial charge on any atom is -0.0892 e. The Kier molecular flexibility index (Phi) is 5.44. The van der Waals surface area contributed by atoms with Crippen molar-refractivity contribution in [3.8, 4) is 0 Å². The van der Waals surface area contributed by atoms with E-state index in [-0.39, 0.29) is 0 Å². The van der Waals surface area contributed by atoms with Gasteiger partial charge in [0, 0.05) is 8.61 Å². The smallest absolute Gasteiger partial charge is 0.0284 e. The molecule has 0 atom stereocenters. The zero-order valence-corrected chi connectivity index (χ0v) is 14.4. The van der Waals surface area contributed by atoms with Crippen molar-refractivity contribution in [3.05, 3.63) is 82.4 Å². The lowest BCUT2D eigenvalue weighted by molar-refractivity contribution is 1.44. The summed E-state index contributed by atoms with van der Waals surface area (Å²) in [6, 6.07) is 20.8. The van der Waals surface area contributed by atoms with Gasteiger partial charge in [-0.1, -0.05) is 72.3 Å². The van der Waals surface area contributed by atoms with E-state index in [1.54, 1.807) is 0 Å². The van der Waals surface area contributed by atoms with Crippen molar-refractivity contribution in [2.75, 3.05) is 0 Å². The van der Waals surface area contributed by atoms with Crippen molar-refractivity contribution in [1.82, 2.24) is 0 Å². The molecule has 0 nitrogen and oxygen atoms in total. The molecule has 0 radical (unpaired) electrons. The average Bonchev–Trinajstić information content (AvgIpc) is 2.49. The normalized spacial score (nSPS) is 13.6. The number of benzene rings is 2. The maximum atomic E-state index is 6.25. The lowest BCUT2D eigenvalue weighted by Crippen LogP contribution is -1.91. The van der Waals surface area contributed by atoms with Crippen LogP contribution in [0.25, 0.3) is 9.15 Å². The van der Waals surface area contributed by atoms with Gasteiger partial charge in [0.1, 0.15) is 0 Å². The molecular weight excluding hydrogens is 379 g/mol. The largest absolute Gasteiger partial charge is 0.0892 e. The monoisotopic (exact) mass is 394 g/mol. The van der Waals surface area contributed by atoms with Gasteiger partial charge in [-0.25, -0.2) is 0 Å². The van der Waals surface area contributed by atoms with E-state index in [0.717, 1.165) is 10.6 Å². The van der Waals surface area contributed by atoms with Crippen LogP contribution in [0.15, 0.2) is 71.3 Å². The van der Waals surface area contributed by atoms with Crippen molar-refractivity contribution < 1.29 is 0 Å². The minimum atomic E-state index is 0.828. The Bertz CT molecular complexity index is 636. The molecule has 0 aliphatic rings. The van der Waals surface area contributed by atoms with E-state index in [1.807, 2.05) is 19.1 Å². The van der Waals surface area contributed by atoms with Crippen LogP contribution in [0.4, 0.5) is 0 Å². The topological polar surface area (TPSA) is 0 Å². The van der Waals surface area contributed by atoms with E-state index in [2.05, 4.69) is 78.0 Å². The molecule has 0 fully saturated rings. The summed E-state index contributed by atoms with van der Waals surface area (Å²) >= 11 is 8.65. The second-order valence-corrected chi connectivity index (χ2v) is 6.23. The van der Waals surface area contributed by atoms with Gasteiger partial charge in [0.15, 0.2) is 0 Å². The average molecular weight is 395 g/mol. The molecule has 102 valence electrons. The molecule has 0 amide bonds. The fourth-order valence-electron chi connectivity index (χ4n) is 2.01. The third-order valence-electron chi connectivity index (χ3n) is 3.20. The van der Waals surface area contributed by atoms with Crippen LogP contribution in [0.2, 0.25) is 0 Å². The summed E-state index contributed by atoms with van der Waals surface area (Å²) < 4.78 is 1.21. The van der Waals surface area contributed by atoms with Crippen LogP contribution in [0.3, 0.4) is 0 Å². The zero-order valence-electron chi connectivity index (χ0n) is 11.5. The molecule has 0 aliphatic heterocycles. The standard InChI is InChI=1S/C18H16ClI/c1-13(14(2)19)17(15-9-5-3-6-10-15)18(20)16-11-7-4-8-12-16/h3-12H,1-2H3. The minimum absolute atomic E-state index is 0.828. The summed E-state index contributed by atoms with van der Waals surface area (Å²) in [5.41, 5.74) is 4.72. The maximum absolute atomic E-state index is 6.25. The van der Waals surface area contributed by atoms with Crippen LogP contribution in [-0.4, -0.2) is 0 Å². The van der Waals surface area contributed by atoms with Crippen molar-refractivity contribution in [2.24, 2.45) is 0 Å². The van der Waals surface area contributed by atoms with Gasteiger partial charge >= 0.3 is 0 Å². The maximum Gasteiger partial charge on any atom is 0.0284 e. The molecule has 0 saturated heterocycles. The Morgan fingerprint density at radius 1 is 0.800 bits per heavy atom. The molecule has 0 aliphatic carbocycles. The molecule has 2 aromatic rings. The van der Waals surface area contributed by atoms with Crippen LogP contribution in [-0.2, 0) is 0 Å². The lowest BCUT2D eigenvalue weighted by Gasteiger charge is -2.14. The van der Waals surface area contributed by atoms with Crippen LogP contribution in [0.5, 0.6) is 0 Å². The second kappa shape index (κ2) is 7.09. The van der Waals surface area contributed by atoms with E-state index in [4.69, 9.17) is 11.6 Å². The van der Waals surface area contributed by atoms with E-state index >= 15 is 0 Å². The van der Waals surface area contributed by atoms with Crippen LogP contribution < -0.4 is 0 Å². The third-order valence-corrected chi connectivity index (χ3v) is 4.65. The van der Waals surface area contributed by atoms with Gasteiger partial charge in [0.05, 0.1) is 0 Å². The van der Waals surface area contributed by atoms with Gasteiger partial charge in [-0.2, -0.15) is 0 Å². The first-order valence-electron chi connectivity index (χ1n) is 6.45. The van der Waals surface area contributed by atoms with Gasteiger partial charge in [0.25, 0.3) is 0 Å². The molecule has 0 aromatic heterocycles. The van der Waals surface area contributed by atoms with Crippen molar-refractivity contribution >= 4 is 43.3 Å². The van der Waals surface area contributed by atoms with Gasteiger partial charge in [-0.3, -0.25) is 0 Å². The van der Waals surface area contributed by atoms with Crippen molar-refractivity contribution in [2.45, 2.75) is 13.8 Å². The van der Waals surface area contributed by atoms with Crippen LogP contribution in [0.1, 0.15) is 25.0 Å². The van der Waals surface area contributed by atoms with Crippen molar-refractivity contribution in [1.29, 1.82) is 0 Å². The highest BCUT2D eigenvalue weighted by Gasteiger charge is 2.12. The molecule has 0 bridgehead atoms. The predicted molar refractivity (Wildman–Crippen MR) is 97.9 cm³/mol. The summed E-state index contributed by atoms with van der Waals surface area (Å²) in [4.78, 5) is 0. The van der Waals surface area contributed by atoms with Gasteiger partial charge in [0.2, 0.25) is 0 Å². The van der Waals surface area contributed by atoms with Gasteiger partial charge < -0.3 is 0 Å². The molecule has 0 heterocycles. The summed E-state index contributed by atoms with van der Waals surface area (Å²) in [6.45, 7) is 4.01. The molecular formula is C18H16ClI. The fourth-order valence-corrected chi connectivity index (χ4v) is 3.18. The molecule has 2 aromatic carbocycles. The first-order valence-corrected chi connectivity index (χ1v) is 7.91. The first kappa shape index (κ1) is 15.3. The van der Waals surface area contributed by atoms with Gasteiger partial charge in [-0.05, 0) is 58.7 Å². The zero-order chi connectivity index (χ0) is 14.5. The summed E-state index contributed by atoms with van der Waals surface area (Å²) in [5.74, 6) is 0. The molecule has 0 spiro atoms. The predicted octanol–water partition coefficient (Wildman–Crippen LogP) is 6.52. The number of allylic oxidation sites excluding steroid dienone is 3. The van der Waals surface area contributed by atoms with Crippen molar-refractivity contribution in [3.63, 3.8) is 0 Å². The molecule has 0 saturated carbocycles. The summed E-state index contributed by atoms with van der Waals surface area (Å²) in [5, 5.41) is 0.828. The summed E-state index contributed by atoms with van der Waals surface area (Å²) in [6.07, 6.45) is 0. The highest BCUT2D eigenvalue weighted by atomic mass is 127. The molecule has 0 unspecified atom stereocenters. The van der Waals surface area contributed by atoms with Gasteiger partial charge in [-0.15, -0.1) is 0 Å². The van der Waals surface area contributed by atoms with E-state index in [0.29, 0.717) is 0 Å². The van der Waals surface area contributed by atoms with E-state index < -0.39 is 0 Å². The number of rotatable bonds is 3. The highest BCUT2D eigenvalue weighted by Crippen LogP contribution is 2.37. The Labute approximate surface area is 139 Å². The Hall–Kier alpha value is -1.06. The lowest BCUT2D eigenvalue weighted by atomic mass is 9.96. The van der Waals surface area contributed by atoms with Crippen LogP contribution >= 0.6 is 34.2 Å². The summed E-state index contributed by atoms with van der Waals surface area (Å²) in [7, 11) is 0. The molecule has 0 N–H and O–H groups in total. The third kappa shape index (κ3) is 3.53. The second-order valence-electron chi connectivity index (χ2n) is 4.58. The number of hydrogen-bond acceptors (Lipinski definition) is 0. The molecule has 2 heteroatoms. The fraction of sp³-hybridized carbons (Fsp3) is 0.111. The molecule has 20 heavy (non-hydrogen) atoms. The quantitative estimate of drug-likeness (QED) is 0.316. The van der Waals surface area contributed by atoms with E-state index in [9.17, 15) is 0 Å². The molecule has 2 rings (SSSR count). The van der Waals surface area contributed by atoms with Crippen LogP contribution in [0, 0.1) is 0 Å². The van der Waals surface area contributed by atoms with E-state index in [1.165, 1.54) is 20.3 Å².